The molecule has 0 fully saturated rings. The second kappa shape index (κ2) is 9.73. The highest BCUT2D eigenvalue weighted by molar-refractivity contribution is 7.90. The molecule has 0 radical (unpaired) electrons. The largest absolute Gasteiger partial charge is 0.305 e. The number of nitrogens with zero attached hydrogens (tertiary/aromatic N) is 3. The summed E-state index contributed by atoms with van der Waals surface area (Å²) in [6.45, 7) is 1.70. The van der Waals surface area contributed by atoms with E-state index in [4.69, 9.17) is 5.14 Å². The molecule has 198 valence electrons. The molecule has 0 aliphatic carbocycles. The summed E-state index contributed by atoms with van der Waals surface area (Å²) in [6, 6.07) is 21.5. The number of sulfonamides is 1. The van der Waals surface area contributed by atoms with Crippen molar-refractivity contribution in [3.8, 4) is 16.8 Å². The number of primary sulfonamides is 1. The lowest BCUT2D eigenvalue weighted by molar-refractivity contribution is 0.101. The zero-order valence-electron chi connectivity index (χ0n) is 20.9. The fraction of sp³-hybridized carbons (Fsp3) is 0.0741. The van der Waals surface area contributed by atoms with Crippen LogP contribution in [-0.4, -0.2) is 43.8 Å². The predicted molar refractivity (Wildman–Crippen MR) is 148 cm³/mol. The molecule has 0 unspecified atom stereocenters. The highest BCUT2D eigenvalue weighted by Crippen LogP contribution is 2.29. The van der Waals surface area contributed by atoms with E-state index in [0.717, 1.165) is 17.0 Å². The minimum absolute atomic E-state index is 0.0364. The molecule has 3 N–H and O–H groups in total. The molecule has 5 rings (SSSR count). The van der Waals surface area contributed by atoms with E-state index in [1.54, 1.807) is 49.4 Å². The van der Waals surface area contributed by atoms with Gasteiger partial charge in [-0.25, -0.2) is 31.6 Å². The quantitative estimate of drug-likeness (QED) is 0.320. The van der Waals surface area contributed by atoms with E-state index in [9.17, 15) is 21.6 Å². The van der Waals surface area contributed by atoms with Crippen molar-refractivity contribution in [2.24, 2.45) is 5.14 Å². The molecule has 0 atom stereocenters. The molecule has 0 saturated heterocycles. The van der Waals surface area contributed by atoms with Gasteiger partial charge in [0.05, 0.1) is 21.2 Å². The van der Waals surface area contributed by atoms with Gasteiger partial charge in [-0.05, 0) is 54.1 Å². The summed E-state index contributed by atoms with van der Waals surface area (Å²) in [4.78, 5) is 17.6. The Morgan fingerprint density at radius 1 is 0.872 bits per heavy atom. The van der Waals surface area contributed by atoms with Crippen LogP contribution < -0.4 is 10.5 Å². The number of rotatable bonds is 6. The van der Waals surface area contributed by atoms with Gasteiger partial charge in [0.1, 0.15) is 11.5 Å². The Labute approximate surface area is 225 Å². The van der Waals surface area contributed by atoms with Gasteiger partial charge in [0.2, 0.25) is 10.0 Å². The lowest BCUT2D eigenvalue weighted by Gasteiger charge is -2.13. The maximum atomic E-state index is 13.3. The van der Waals surface area contributed by atoms with E-state index < -0.39 is 25.8 Å². The molecular formula is C27H23N5O5S2. The summed E-state index contributed by atoms with van der Waals surface area (Å²) in [7, 11) is -7.62. The number of pyridine rings is 1. The second-order valence-corrected chi connectivity index (χ2v) is 12.5. The van der Waals surface area contributed by atoms with Gasteiger partial charge < -0.3 is 5.32 Å². The van der Waals surface area contributed by atoms with Crippen molar-refractivity contribution in [2.45, 2.75) is 16.7 Å². The van der Waals surface area contributed by atoms with Gasteiger partial charge in [-0.15, -0.1) is 0 Å². The number of carbonyl (C=O) groups excluding carboxylic acids is 1. The number of fused-ring (bicyclic) bond motifs is 1. The van der Waals surface area contributed by atoms with Gasteiger partial charge in [-0.2, -0.15) is 5.10 Å². The van der Waals surface area contributed by atoms with E-state index in [2.05, 4.69) is 15.4 Å². The Morgan fingerprint density at radius 3 is 2.18 bits per heavy atom. The van der Waals surface area contributed by atoms with Gasteiger partial charge in [-0.1, -0.05) is 42.5 Å². The van der Waals surface area contributed by atoms with Crippen LogP contribution in [0.5, 0.6) is 0 Å². The fourth-order valence-electron chi connectivity index (χ4n) is 4.28. The summed E-state index contributed by atoms with van der Waals surface area (Å²) in [5, 5.41) is 14.0. The Kier molecular flexibility index (Phi) is 6.54. The van der Waals surface area contributed by atoms with Gasteiger partial charge in [0.15, 0.2) is 9.84 Å². The molecule has 0 aliphatic rings. The lowest BCUT2D eigenvalue weighted by Crippen LogP contribution is -2.19. The number of sulfone groups is 1. The third-order valence-corrected chi connectivity index (χ3v) is 8.12. The predicted octanol–water partition coefficient (Wildman–Crippen LogP) is 3.70. The van der Waals surface area contributed by atoms with Crippen LogP contribution in [0.2, 0.25) is 0 Å². The Balaban J connectivity index is 1.51. The molecule has 0 saturated carbocycles. The lowest BCUT2D eigenvalue weighted by atomic mass is 10.1. The Hall–Kier alpha value is -4.39. The summed E-state index contributed by atoms with van der Waals surface area (Å²) >= 11 is 0. The zero-order chi connectivity index (χ0) is 27.9. The summed E-state index contributed by atoms with van der Waals surface area (Å²) in [5.41, 5.74) is 1.74. The first kappa shape index (κ1) is 26.2. The summed E-state index contributed by atoms with van der Waals surface area (Å²) in [6.07, 6.45) is 2.53. The number of aryl methyl sites for hydroxylation is 1. The van der Waals surface area contributed by atoms with Crippen LogP contribution in [0.1, 0.15) is 16.2 Å². The third-order valence-electron chi connectivity index (χ3n) is 6.03. The van der Waals surface area contributed by atoms with Crippen LogP contribution in [0.4, 0.5) is 5.82 Å². The van der Waals surface area contributed by atoms with E-state index in [-0.39, 0.29) is 27.0 Å². The molecule has 0 aliphatic heterocycles. The first-order valence-electron chi connectivity index (χ1n) is 11.6. The number of anilines is 1. The van der Waals surface area contributed by atoms with Crippen molar-refractivity contribution in [1.82, 2.24) is 14.8 Å². The molecule has 2 aromatic heterocycles. The SMILES string of the molecule is Cc1cc(C(=O)Nc2ccc(-c3ccccc3S(N)(=O)=O)cn2)n(-c2cc3ccccc3cc2S(C)(=O)=O)n1. The number of benzene rings is 3. The topological polar surface area (TPSA) is 154 Å². The van der Waals surface area contributed by atoms with Crippen molar-refractivity contribution in [3.05, 3.63) is 96.4 Å². The molecule has 5 aromatic rings. The summed E-state index contributed by atoms with van der Waals surface area (Å²) < 4.78 is 50.6. The maximum absolute atomic E-state index is 13.3. The molecule has 3 aromatic carbocycles. The number of nitrogens with two attached hydrogens (primary N) is 1. The molecule has 1 amide bonds. The van der Waals surface area contributed by atoms with Crippen molar-refractivity contribution < 1.29 is 21.6 Å². The Morgan fingerprint density at radius 2 is 1.54 bits per heavy atom. The van der Waals surface area contributed by atoms with Crippen molar-refractivity contribution in [1.29, 1.82) is 0 Å². The second-order valence-electron chi connectivity index (χ2n) is 8.95. The van der Waals surface area contributed by atoms with Crippen molar-refractivity contribution in [2.75, 3.05) is 11.6 Å². The average molecular weight is 562 g/mol. The highest BCUT2D eigenvalue weighted by atomic mass is 32.2. The monoisotopic (exact) mass is 561 g/mol. The first-order chi connectivity index (χ1) is 18.4. The van der Waals surface area contributed by atoms with Gasteiger partial charge in [-0.3, -0.25) is 4.79 Å². The van der Waals surface area contributed by atoms with Crippen LogP contribution in [0.25, 0.3) is 27.6 Å². The standard InChI is InChI=1S/C27H23N5O5S2/c1-17-13-23(32(31-17)22-14-18-7-3-4-8-19(18)15-25(22)38(2,34)35)27(33)30-26-12-11-20(16-29-26)21-9-5-6-10-24(21)39(28,36)37/h3-16H,1-2H3,(H2,28,36,37)(H,29,30,33). The minimum Gasteiger partial charge on any atom is -0.305 e. The number of hydrogen-bond donors (Lipinski definition) is 2. The van der Waals surface area contributed by atoms with Crippen LogP contribution in [-0.2, 0) is 19.9 Å². The molecular weight excluding hydrogens is 538 g/mol. The molecule has 0 spiro atoms. The normalized spacial score (nSPS) is 12.0. The highest BCUT2D eigenvalue weighted by Gasteiger charge is 2.23. The maximum Gasteiger partial charge on any atom is 0.275 e. The van der Waals surface area contributed by atoms with E-state index in [1.807, 2.05) is 24.3 Å². The fourth-order valence-corrected chi connectivity index (χ4v) is 5.90. The van der Waals surface area contributed by atoms with Crippen molar-refractivity contribution in [3.63, 3.8) is 0 Å². The van der Waals surface area contributed by atoms with Crippen molar-refractivity contribution >= 4 is 42.4 Å². The van der Waals surface area contributed by atoms with Crippen LogP contribution in [0, 0.1) is 6.92 Å². The smallest absolute Gasteiger partial charge is 0.275 e. The molecule has 2 heterocycles. The molecule has 0 bridgehead atoms. The zero-order valence-corrected chi connectivity index (χ0v) is 22.5. The number of carbonyl (C=O) groups is 1. The van der Waals surface area contributed by atoms with Crippen LogP contribution in [0.15, 0.2) is 94.9 Å². The minimum atomic E-state index is -3.95. The van der Waals surface area contributed by atoms with Gasteiger partial charge >= 0.3 is 0 Å². The van der Waals surface area contributed by atoms with Gasteiger partial charge in [0, 0.05) is 23.6 Å². The number of nitrogens with one attached hydrogen (secondary N) is 1. The average Bonchev–Trinajstić information content (AvgIpc) is 3.29. The van der Waals surface area contributed by atoms with E-state index in [0.29, 0.717) is 16.8 Å². The molecule has 39 heavy (non-hydrogen) atoms. The van der Waals surface area contributed by atoms with Crippen LogP contribution in [0.3, 0.4) is 0 Å². The van der Waals surface area contributed by atoms with Gasteiger partial charge in [0.25, 0.3) is 5.91 Å². The number of aromatic nitrogens is 3. The van der Waals surface area contributed by atoms with Crippen LogP contribution >= 0.6 is 0 Å². The number of hydrogen-bond acceptors (Lipinski definition) is 7. The first-order valence-corrected chi connectivity index (χ1v) is 15.0. The third kappa shape index (κ3) is 5.30. The summed E-state index contributed by atoms with van der Waals surface area (Å²) in [5.74, 6) is -0.363. The molecule has 12 heteroatoms. The van der Waals surface area contributed by atoms with E-state index in [1.165, 1.54) is 23.0 Å². The Bertz CT molecular complexity index is 1970. The molecule has 10 nitrogen and oxygen atoms in total. The number of amides is 1. The van der Waals surface area contributed by atoms with E-state index >= 15 is 0 Å².